The highest BCUT2D eigenvalue weighted by Gasteiger charge is 2.19. The second-order valence-electron chi connectivity index (χ2n) is 5.70. The Bertz CT molecular complexity index is 734. The fourth-order valence-electron chi connectivity index (χ4n) is 3.26. The van der Waals surface area contributed by atoms with Gasteiger partial charge in [0, 0.05) is 11.4 Å². The summed E-state index contributed by atoms with van der Waals surface area (Å²) in [5.74, 6) is 0.693. The van der Waals surface area contributed by atoms with Gasteiger partial charge in [0.25, 0.3) is 0 Å². The molecular formula is C17H20N4. The molecular weight excluding hydrogens is 260 g/mol. The molecule has 0 saturated carbocycles. The van der Waals surface area contributed by atoms with Gasteiger partial charge in [0.2, 0.25) is 0 Å². The summed E-state index contributed by atoms with van der Waals surface area (Å²) >= 11 is 0. The zero-order valence-corrected chi connectivity index (χ0v) is 12.9. The van der Waals surface area contributed by atoms with Crippen molar-refractivity contribution in [3.05, 3.63) is 39.8 Å². The lowest BCUT2D eigenvalue weighted by Gasteiger charge is -2.17. The highest BCUT2D eigenvalue weighted by molar-refractivity contribution is 5.49. The van der Waals surface area contributed by atoms with Crippen molar-refractivity contribution in [1.82, 2.24) is 14.8 Å². The minimum absolute atomic E-state index is 0.629. The van der Waals surface area contributed by atoms with E-state index in [1.54, 1.807) is 0 Å². The summed E-state index contributed by atoms with van der Waals surface area (Å²) in [5, 5.41) is 14.1. The van der Waals surface area contributed by atoms with Crippen LogP contribution in [0.1, 0.15) is 53.5 Å². The lowest BCUT2D eigenvalue weighted by molar-refractivity contribution is 0.660. The van der Waals surface area contributed by atoms with Gasteiger partial charge in [-0.15, -0.1) is 0 Å². The van der Waals surface area contributed by atoms with E-state index in [4.69, 9.17) is 4.98 Å². The average molecular weight is 280 g/mol. The number of nitriles is 1. The highest BCUT2D eigenvalue weighted by Crippen LogP contribution is 2.25. The van der Waals surface area contributed by atoms with Gasteiger partial charge in [0.15, 0.2) is 5.82 Å². The maximum absolute atomic E-state index is 9.47. The van der Waals surface area contributed by atoms with E-state index in [1.807, 2.05) is 17.7 Å². The molecule has 0 fully saturated rings. The predicted molar refractivity (Wildman–Crippen MR) is 81.6 cm³/mol. The van der Waals surface area contributed by atoms with Crippen molar-refractivity contribution in [2.45, 2.75) is 52.9 Å². The van der Waals surface area contributed by atoms with E-state index in [2.05, 4.69) is 25.0 Å². The first kappa shape index (κ1) is 13.8. The van der Waals surface area contributed by atoms with Crippen LogP contribution in [0, 0.1) is 25.2 Å². The number of fused-ring (bicyclic) bond motifs is 1. The van der Waals surface area contributed by atoms with Crippen LogP contribution in [-0.4, -0.2) is 14.8 Å². The van der Waals surface area contributed by atoms with Gasteiger partial charge in [0.05, 0.1) is 11.3 Å². The molecule has 0 saturated heterocycles. The Balaban J connectivity index is 2.20. The number of hydrogen-bond donors (Lipinski definition) is 0. The maximum Gasteiger partial charge on any atom is 0.171 e. The molecule has 0 N–H and O–H groups in total. The van der Waals surface area contributed by atoms with Gasteiger partial charge < -0.3 is 0 Å². The summed E-state index contributed by atoms with van der Waals surface area (Å²) in [6, 6.07) is 4.31. The van der Waals surface area contributed by atoms with E-state index in [0.717, 1.165) is 36.3 Å². The van der Waals surface area contributed by atoms with Crippen LogP contribution < -0.4 is 0 Å². The van der Waals surface area contributed by atoms with Crippen LogP contribution in [0.3, 0.4) is 0 Å². The number of rotatable bonds is 2. The Labute approximate surface area is 125 Å². The lowest BCUT2D eigenvalue weighted by Crippen LogP contribution is -2.12. The minimum Gasteiger partial charge on any atom is -0.232 e. The molecule has 0 bridgehead atoms. The Kier molecular flexibility index (Phi) is 3.50. The van der Waals surface area contributed by atoms with Gasteiger partial charge in [-0.2, -0.15) is 10.4 Å². The van der Waals surface area contributed by atoms with E-state index in [9.17, 15) is 5.26 Å². The Hall–Kier alpha value is -2.15. The van der Waals surface area contributed by atoms with Crippen molar-refractivity contribution in [3.63, 3.8) is 0 Å². The molecule has 0 aliphatic heterocycles. The highest BCUT2D eigenvalue weighted by atomic mass is 15.3. The summed E-state index contributed by atoms with van der Waals surface area (Å²) in [4.78, 5) is 4.78. The molecule has 0 amide bonds. The molecule has 108 valence electrons. The van der Waals surface area contributed by atoms with Crippen LogP contribution in [0.4, 0.5) is 0 Å². The molecule has 0 atom stereocenters. The zero-order chi connectivity index (χ0) is 15.0. The molecule has 0 aromatic carbocycles. The molecule has 1 aliphatic rings. The summed E-state index contributed by atoms with van der Waals surface area (Å²) < 4.78 is 1.85. The molecule has 1 aliphatic carbocycles. The van der Waals surface area contributed by atoms with Gasteiger partial charge in [-0.3, -0.25) is 0 Å². The maximum atomic E-state index is 9.47. The van der Waals surface area contributed by atoms with Gasteiger partial charge >= 0.3 is 0 Å². The second-order valence-corrected chi connectivity index (χ2v) is 5.70. The predicted octanol–water partition coefficient (Wildman–Crippen LogP) is 3.20. The van der Waals surface area contributed by atoms with Gasteiger partial charge in [0.1, 0.15) is 6.07 Å². The third kappa shape index (κ3) is 2.23. The van der Waals surface area contributed by atoms with Crippen LogP contribution >= 0.6 is 0 Å². The fraction of sp³-hybridized carbons (Fsp3) is 0.471. The first-order valence-corrected chi connectivity index (χ1v) is 7.64. The topological polar surface area (TPSA) is 54.5 Å². The van der Waals surface area contributed by atoms with E-state index in [1.165, 1.54) is 24.0 Å². The minimum atomic E-state index is 0.629. The van der Waals surface area contributed by atoms with Gasteiger partial charge in [-0.25, -0.2) is 9.67 Å². The summed E-state index contributed by atoms with van der Waals surface area (Å²) in [6.45, 7) is 6.21. The Morgan fingerprint density at radius 1 is 1.29 bits per heavy atom. The monoisotopic (exact) mass is 280 g/mol. The molecule has 4 nitrogen and oxygen atoms in total. The third-order valence-corrected chi connectivity index (χ3v) is 4.40. The van der Waals surface area contributed by atoms with E-state index < -0.39 is 0 Å². The fourth-order valence-corrected chi connectivity index (χ4v) is 3.26. The summed E-state index contributed by atoms with van der Waals surface area (Å²) in [6.07, 6.45) is 5.37. The molecule has 21 heavy (non-hydrogen) atoms. The molecule has 0 unspecified atom stereocenters. The normalized spacial score (nSPS) is 13.8. The van der Waals surface area contributed by atoms with Gasteiger partial charge in [-0.05, 0) is 63.1 Å². The summed E-state index contributed by atoms with van der Waals surface area (Å²) in [7, 11) is 0. The van der Waals surface area contributed by atoms with Crippen molar-refractivity contribution in [2.75, 3.05) is 0 Å². The molecule has 2 aromatic rings. The third-order valence-electron chi connectivity index (χ3n) is 4.40. The Morgan fingerprint density at radius 3 is 2.71 bits per heavy atom. The lowest BCUT2D eigenvalue weighted by atomic mass is 9.95. The van der Waals surface area contributed by atoms with E-state index >= 15 is 0 Å². The Morgan fingerprint density at radius 2 is 2.05 bits per heavy atom. The van der Waals surface area contributed by atoms with Gasteiger partial charge in [-0.1, -0.05) is 6.92 Å². The molecule has 0 spiro atoms. The molecule has 2 aromatic heterocycles. The van der Waals surface area contributed by atoms with E-state index in [-0.39, 0.29) is 0 Å². The number of hydrogen-bond acceptors (Lipinski definition) is 3. The van der Waals surface area contributed by atoms with Crippen LogP contribution in [0.15, 0.2) is 6.07 Å². The second kappa shape index (κ2) is 5.33. The largest absolute Gasteiger partial charge is 0.232 e. The number of nitrogens with zero attached hydrogens (tertiary/aromatic N) is 4. The van der Waals surface area contributed by atoms with Crippen molar-refractivity contribution in [3.8, 4) is 11.9 Å². The zero-order valence-electron chi connectivity index (χ0n) is 12.9. The first-order chi connectivity index (χ1) is 10.2. The number of aromatic nitrogens is 3. The van der Waals surface area contributed by atoms with Crippen LogP contribution in [0.5, 0.6) is 0 Å². The molecule has 4 heteroatoms. The summed E-state index contributed by atoms with van der Waals surface area (Å²) in [5.41, 5.74) is 6.37. The van der Waals surface area contributed by atoms with Crippen molar-refractivity contribution in [1.29, 1.82) is 5.26 Å². The smallest absolute Gasteiger partial charge is 0.171 e. The molecule has 2 heterocycles. The van der Waals surface area contributed by atoms with Crippen LogP contribution in [-0.2, 0) is 19.3 Å². The quantitative estimate of drug-likeness (QED) is 0.849. The SMILES string of the molecule is CCc1c(C)nn(-c2nc3c(cc2C#N)CCCC3)c1C. The van der Waals surface area contributed by atoms with Crippen LogP contribution in [0.25, 0.3) is 5.82 Å². The molecule has 3 rings (SSSR count). The molecule has 0 radical (unpaired) electrons. The standard InChI is InChI=1S/C17H20N4/c1-4-15-11(2)20-21(12(15)3)17-14(10-18)9-13-7-5-6-8-16(13)19-17/h9H,4-8H2,1-3H3. The van der Waals surface area contributed by atoms with Crippen molar-refractivity contribution < 1.29 is 0 Å². The van der Waals surface area contributed by atoms with E-state index in [0.29, 0.717) is 11.4 Å². The first-order valence-electron chi connectivity index (χ1n) is 7.64. The van der Waals surface area contributed by atoms with Crippen molar-refractivity contribution in [2.24, 2.45) is 0 Å². The number of aryl methyl sites for hydroxylation is 3. The number of pyridine rings is 1. The average Bonchev–Trinajstić information content (AvgIpc) is 2.80. The van der Waals surface area contributed by atoms with Crippen LogP contribution in [0.2, 0.25) is 0 Å². The van der Waals surface area contributed by atoms with Crippen molar-refractivity contribution >= 4 is 0 Å².